The molecule has 63 heavy (non-hydrogen) atoms. The van der Waals surface area contributed by atoms with E-state index in [-0.39, 0.29) is 35.1 Å². The van der Waals surface area contributed by atoms with Gasteiger partial charge in [-0.2, -0.15) is 4.39 Å². The number of aryl methyl sites for hydroxylation is 2. The molecule has 4 aliphatic carbocycles. The van der Waals surface area contributed by atoms with Crippen LogP contribution in [0.3, 0.4) is 0 Å². The molecule has 2 amide bonds. The highest BCUT2D eigenvalue weighted by Crippen LogP contribution is 2.47. The highest BCUT2D eigenvalue weighted by molar-refractivity contribution is 6.02. The van der Waals surface area contributed by atoms with Gasteiger partial charge in [-0.1, -0.05) is 0 Å². The number of aliphatic hydroxyl groups is 2. The minimum atomic E-state index is -0.504. The predicted octanol–water partition coefficient (Wildman–Crippen LogP) is 4.38. The Morgan fingerprint density at radius 1 is 0.635 bits per heavy atom. The molecule has 4 fully saturated rings. The van der Waals surface area contributed by atoms with Crippen molar-refractivity contribution in [3.63, 3.8) is 0 Å². The van der Waals surface area contributed by atoms with E-state index < -0.39 is 5.95 Å². The standard InChI is InChI=1S/C24H23N5O2.C21H17FN4O.C3H7NO/c30-15-11-29(12-15)20-4-2-14(10-26-20)18-7-17-13(9-25-18)1-3-16-21-19(27-22(16)17)8-24(5-6-24)28-23(21)31;22-17-4-2-12(10-24-17)15-7-14-11(9-23-15)1-3-13-18-16(25-19(13)14)8-21(5-6-21)26-20(18)27;5-3-1-4-2-3/h2,4,7,9-10,15,27,30H,1,3,5-6,8,11-12H2,(H,28,31);2,4,7,9-10,25H,1,3,5-6,8H2,(H,26,27);3-5H,1-2H2. The second-order valence-electron chi connectivity index (χ2n) is 18.6. The SMILES string of the molecule is O=C1NC2(CC2)Cc2[nH]c3c(c21)CCc1cnc(-c2ccc(F)nc2)cc1-3.O=C1NC2(CC2)Cc2[nH]c3c(c21)CCc1cnc(-c2ccc(N4CC(O)C4)nc2)cc1-3.OC1CNC1. The summed E-state index contributed by atoms with van der Waals surface area (Å²) in [4.78, 5) is 52.3. The molecule has 2 spiro atoms. The summed E-state index contributed by atoms with van der Waals surface area (Å²) >= 11 is 0. The molecule has 4 aliphatic heterocycles. The van der Waals surface area contributed by atoms with Gasteiger partial charge in [-0.05, 0) is 110 Å². The molecule has 2 saturated heterocycles. The zero-order valence-electron chi connectivity index (χ0n) is 34.7. The summed E-state index contributed by atoms with van der Waals surface area (Å²) in [6.45, 7) is 2.86. The highest BCUT2D eigenvalue weighted by Gasteiger charge is 2.50. The van der Waals surface area contributed by atoms with Crippen molar-refractivity contribution in [1.29, 1.82) is 0 Å². The fourth-order valence-corrected chi connectivity index (χ4v) is 10.1. The number of nitrogens with one attached hydrogen (secondary N) is 5. The van der Waals surface area contributed by atoms with Crippen LogP contribution >= 0.6 is 0 Å². The summed E-state index contributed by atoms with van der Waals surface area (Å²) in [5.74, 6) is 0.527. The van der Waals surface area contributed by atoms with Crippen LogP contribution in [0.25, 0.3) is 45.0 Å². The van der Waals surface area contributed by atoms with E-state index in [1.54, 1.807) is 6.07 Å². The van der Waals surface area contributed by atoms with E-state index in [1.807, 2.05) is 36.8 Å². The molecule has 2 saturated carbocycles. The van der Waals surface area contributed by atoms with Crippen LogP contribution in [0.2, 0.25) is 0 Å². The molecular formula is C48H47FN10O4. The predicted molar refractivity (Wildman–Crippen MR) is 233 cm³/mol. The first-order chi connectivity index (χ1) is 30.6. The Hall–Kier alpha value is -6.29. The Balaban J connectivity index is 0.000000121. The van der Waals surface area contributed by atoms with Crippen LogP contribution in [0, 0.1) is 5.95 Å². The molecule has 0 unspecified atom stereocenters. The molecule has 14 nitrogen and oxygen atoms in total. The van der Waals surface area contributed by atoms with Crippen molar-refractivity contribution in [3.8, 4) is 45.0 Å². The molecule has 7 N–H and O–H groups in total. The van der Waals surface area contributed by atoms with E-state index >= 15 is 0 Å². The third-order valence-electron chi connectivity index (χ3n) is 14.1. The number of nitrogens with zero attached hydrogens (tertiary/aromatic N) is 5. The Bertz CT molecular complexity index is 2830. The molecule has 6 aromatic heterocycles. The number of amides is 2. The molecule has 10 heterocycles. The number of pyridine rings is 4. The van der Waals surface area contributed by atoms with Gasteiger partial charge in [0.25, 0.3) is 11.8 Å². The minimum absolute atomic E-state index is 0.00366. The van der Waals surface area contributed by atoms with Crippen LogP contribution in [-0.2, 0) is 38.5 Å². The van der Waals surface area contributed by atoms with E-state index in [2.05, 4.69) is 51.8 Å². The van der Waals surface area contributed by atoms with Crippen molar-refractivity contribution in [3.05, 3.63) is 112 Å². The van der Waals surface area contributed by atoms with Crippen molar-refractivity contribution in [2.45, 2.75) is 87.5 Å². The van der Waals surface area contributed by atoms with Gasteiger partial charge in [-0.3, -0.25) is 19.6 Å². The molecule has 6 aromatic rings. The van der Waals surface area contributed by atoms with Crippen LogP contribution < -0.4 is 20.9 Å². The molecule has 15 heteroatoms. The highest BCUT2D eigenvalue weighted by atomic mass is 19.1. The number of β-amino-alcohol motifs (C(OH)–C–C–N with tert-alkyl or cyclic N) is 2. The number of fused-ring (bicyclic) bond motifs is 10. The van der Waals surface area contributed by atoms with E-state index in [9.17, 15) is 19.1 Å². The Kier molecular flexibility index (Phi) is 8.76. The first kappa shape index (κ1) is 38.4. The Morgan fingerprint density at radius 2 is 1.14 bits per heavy atom. The van der Waals surface area contributed by atoms with Gasteiger partial charge in [0, 0.05) is 109 Å². The second-order valence-corrected chi connectivity index (χ2v) is 18.6. The van der Waals surface area contributed by atoms with Gasteiger partial charge < -0.3 is 41.0 Å². The molecule has 320 valence electrons. The van der Waals surface area contributed by atoms with Gasteiger partial charge in [0.1, 0.15) is 5.82 Å². The summed E-state index contributed by atoms with van der Waals surface area (Å²) in [5.41, 5.74) is 16.2. The van der Waals surface area contributed by atoms with Gasteiger partial charge in [0.05, 0.1) is 46.1 Å². The lowest BCUT2D eigenvalue weighted by Crippen LogP contribution is -2.51. The largest absolute Gasteiger partial charge is 0.390 e. The van der Waals surface area contributed by atoms with Crippen LogP contribution in [-0.4, -0.2) is 101 Å². The van der Waals surface area contributed by atoms with Crippen LogP contribution in [0.4, 0.5) is 10.2 Å². The summed E-state index contributed by atoms with van der Waals surface area (Å²) in [7, 11) is 0. The summed E-state index contributed by atoms with van der Waals surface area (Å²) < 4.78 is 13.1. The molecular weight excluding hydrogens is 800 g/mol. The average molecular weight is 847 g/mol. The zero-order chi connectivity index (χ0) is 42.6. The molecule has 14 rings (SSSR count). The normalized spacial score (nSPS) is 20.1. The van der Waals surface area contributed by atoms with E-state index in [1.165, 1.54) is 23.4 Å². The van der Waals surface area contributed by atoms with Crippen molar-refractivity contribution in [2.75, 3.05) is 31.1 Å². The quantitative estimate of drug-likeness (QED) is 0.126. The number of rotatable bonds is 3. The topological polar surface area (TPSA) is 197 Å². The minimum Gasteiger partial charge on any atom is -0.390 e. The molecule has 0 aromatic carbocycles. The first-order valence-electron chi connectivity index (χ1n) is 22.1. The fraction of sp³-hybridized carbons (Fsp3) is 0.375. The number of aromatic nitrogens is 6. The number of carbonyl (C=O) groups is 2. The average Bonchev–Trinajstić information content (AvgIpc) is 4.11. The maximum absolute atomic E-state index is 13.1. The zero-order valence-corrected chi connectivity index (χ0v) is 34.7. The summed E-state index contributed by atoms with van der Waals surface area (Å²) in [5, 5.41) is 27.3. The lowest BCUT2D eigenvalue weighted by molar-refractivity contribution is 0.0908. The number of carbonyl (C=O) groups excluding carboxylic acids is 2. The van der Waals surface area contributed by atoms with Gasteiger partial charge >= 0.3 is 0 Å². The second kappa shape index (κ2) is 14.4. The van der Waals surface area contributed by atoms with Crippen molar-refractivity contribution < 1.29 is 24.2 Å². The Labute approximate surface area is 362 Å². The third-order valence-corrected chi connectivity index (χ3v) is 14.1. The number of aromatic amines is 2. The summed E-state index contributed by atoms with van der Waals surface area (Å²) in [6, 6.07) is 11.2. The summed E-state index contributed by atoms with van der Waals surface area (Å²) in [6.07, 6.45) is 16.4. The van der Waals surface area contributed by atoms with Gasteiger partial charge in [-0.25, -0.2) is 9.97 Å². The number of hydrogen-bond acceptors (Lipinski definition) is 10. The van der Waals surface area contributed by atoms with Gasteiger partial charge in [0.15, 0.2) is 0 Å². The number of H-pyrrole nitrogens is 2. The lowest BCUT2D eigenvalue weighted by atomic mass is 9.87. The van der Waals surface area contributed by atoms with Crippen molar-refractivity contribution in [2.24, 2.45) is 0 Å². The van der Waals surface area contributed by atoms with Gasteiger partial charge in [-0.15, -0.1) is 0 Å². The smallest absolute Gasteiger partial charge is 0.253 e. The fourth-order valence-electron chi connectivity index (χ4n) is 10.1. The van der Waals surface area contributed by atoms with Crippen molar-refractivity contribution >= 4 is 17.6 Å². The molecule has 8 aliphatic rings. The monoisotopic (exact) mass is 846 g/mol. The maximum Gasteiger partial charge on any atom is 0.253 e. The molecule has 0 atom stereocenters. The van der Waals surface area contributed by atoms with E-state index in [0.717, 1.165) is 162 Å². The number of halogens is 1. The van der Waals surface area contributed by atoms with Crippen LogP contribution in [0.5, 0.6) is 0 Å². The van der Waals surface area contributed by atoms with E-state index in [4.69, 9.17) is 10.1 Å². The van der Waals surface area contributed by atoms with Crippen LogP contribution in [0.1, 0.15) is 80.0 Å². The maximum atomic E-state index is 13.1. The van der Waals surface area contributed by atoms with Crippen LogP contribution in [0.15, 0.2) is 61.2 Å². The lowest BCUT2D eigenvalue weighted by Gasteiger charge is -2.36. The van der Waals surface area contributed by atoms with E-state index in [0.29, 0.717) is 13.1 Å². The number of aliphatic hydroxyl groups excluding tert-OH is 2. The number of hydrogen-bond donors (Lipinski definition) is 7. The van der Waals surface area contributed by atoms with Crippen molar-refractivity contribution in [1.82, 2.24) is 45.9 Å². The molecule has 0 radical (unpaired) electrons. The Morgan fingerprint density at radius 3 is 1.56 bits per heavy atom. The first-order valence-corrected chi connectivity index (χ1v) is 22.1. The third kappa shape index (κ3) is 6.80. The van der Waals surface area contributed by atoms with Gasteiger partial charge in [0.2, 0.25) is 5.95 Å². The number of anilines is 1. The molecule has 0 bridgehead atoms.